The Morgan fingerprint density at radius 1 is 1.25 bits per heavy atom. The van der Waals surface area contributed by atoms with Crippen molar-refractivity contribution in [3.63, 3.8) is 0 Å². The van der Waals surface area contributed by atoms with Gasteiger partial charge in [-0.3, -0.25) is 0 Å². The highest BCUT2D eigenvalue weighted by Crippen LogP contribution is 2.08. The van der Waals surface area contributed by atoms with Crippen molar-refractivity contribution in [1.82, 2.24) is 5.32 Å². The number of allylic oxidation sites excluding steroid dienone is 1. The predicted molar refractivity (Wildman–Crippen MR) is 71.7 cm³/mol. The summed E-state index contributed by atoms with van der Waals surface area (Å²) in [6, 6.07) is 11.2. The monoisotopic (exact) mass is 217 g/mol. The number of hydrogen-bond donors (Lipinski definition) is 1. The average molecular weight is 217 g/mol. The largest absolute Gasteiger partial charge is 0.314 e. The van der Waals surface area contributed by atoms with E-state index < -0.39 is 0 Å². The normalized spacial score (nSPS) is 12.2. The van der Waals surface area contributed by atoms with Gasteiger partial charge in [-0.2, -0.15) is 0 Å². The van der Waals surface area contributed by atoms with Gasteiger partial charge in [0.1, 0.15) is 0 Å². The maximum atomic E-state index is 3.34. The van der Waals surface area contributed by atoms with Gasteiger partial charge >= 0.3 is 0 Å². The quantitative estimate of drug-likeness (QED) is 0.718. The molecule has 0 aliphatic carbocycles. The molecule has 1 aromatic carbocycles. The molecule has 1 unspecified atom stereocenters. The zero-order valence-electron chi connectivity index (χ0n) is 10.7. The summed E-state index contributed by atoms with van der Waals surface area (Å²) in [5, 5.41) is 3.34. The second-order valence-corrected chi connectivity index (χ2v) is 4.52. The van der Waals surface area contributed by atoms with Gasteiger partial charge in [0.25, 0.3) is 0 Å². The number of rotatable bonds is 6. The Morgan fingerprint density at radius 3 is 2.50 bits per heavy atom. The molecule has 1 rings (SSSR count). The summed E-state index contributed by atoms with van der Waals surface area (Å²) >= 11 is 0. The van der Waals surface area contributed by atoms with E-state index in [1.807, 2.05) is 7.05 Å². The fourth-order valence-electron chi connectivity index (χ4n) is 1.88. The first-order valence-electron chi connectivity index (χ1n) is 6.08. The van der Waals surface area contributed by atoms with E-state index in [9.17, 15) is 0 Å². The molecule has 0 aliphatic heterocycles. The molecule has 0 fully saturated rings. The zero-order chi connectivity index (χ0) is 11.8. The molecule has 88 valence electrons. The smallest absolute Gasteiger partial charge is 0.0249 e. The van der Waals surface area contributed by atoms with E-state index in [-0.39, 0.29) is 0 Å². The third-order valence-electron chi connectivity index (χ3n) is 2.73. The molecule has 0 radical (unpaired) electrons. The topological polar surface area (TPSA) is 12.0 Å². The van der Waals surface area contributed by atoms with Gasteiger partial charge in [0.15, 0.2) is 0 Å². The van der Waals surface area contributed by atoms with Crippen LogP contribution in [0.1, 0.15) is 32.3 Å². The Balaban J connectivity index is 2.32. The first-order valence-corrected chi connectivity index (χ1v) is 6.08. The lowest BCUT2D eigenvalue weighted by atomic mass is 10.0. The van der Waals surface area contributed by atoms with Gasteiger partial charge in [0.2, 0.25) is 0 Å². The van der Waals surface area contributed by atoms with Crippen molar-refractivity contribution in [2.75, 3.05) is 7.05 Å². The highest BCUT2D eigenvalue weighted by atomic mass is 14.9. The first-order chi connectivity index (χ1) is 7.72. The molecule has 0 aliphatic rings. The number of benzene rings is 1. The third kappa shape index (κ3) is 5.13. The van der Waals surface area contributed by atoms with Crippen molar-refractivity contribution < 1.29 is 0 Å². The standard InChI is InChI=1S/C15H23N/c1-13(2)12-15(16-3)11-7-10-14-8-5-4-6-9-14/h4-6,8-9,12,15-16H,7,10-11H2,1-3H3. The van der Waals surface area contributed by atoms with Gasteiger partial charge < -0.3 is 5.32 Å². The van der Waals surface area contributed by atoms with Gasteiger partial charge in [0, 0.05) is 6.04 Å². The van der Waals surface area contributed by atoms with Crippen LogP contribution in [0.4, 0.5) is 0 Å². The predicted octanol–water partition coefficient (Wildman–Crippen LogP) is 3.56. The summed E-state index contributed by atoms with van der Waals surface area (Å²) < 4.78 is 0. The van der Waals surface area contributed by atoms with Crippen molar-refractivity contribution >= 4 is 0 Å². The summed E-state index contributed by atoms with van der Waals surface area (Å²) in [6.07, 6.45) is 5.93. The summed E-state index contributed by atoms with van der Waals surface area (Å²) in [4.78, 5) is 0. The minimum absolute atomic E-state index is 0.522. The van der Waals surface area contributed by atoms with Crippen molar-refractivity contribution in [3.05, 3.63) is 47.5 Å². The van der Waals surface area contributed by atoms with E-state index in [1.54, 1.807) is 0 Å². The lowest BCUT2D eigenvalue weighted by Crippen LogP contribution is -2.23. The van der Waals surface area contributed by atoms with Crippen molar-refractivity contribution in [2.24, 2.45) is 0 Å². The van der Waals surface area contributed by atoms with Gasteiger partial charge in [0.05, 0.1) is 0 Å². The summed E-state index contributed by atoms with van der Waals surface area (Å²) in [6.45, 7) is 4.31. The highest BCUT2D eigenvalue weighted by Gasteiger charge is 2.01. The molecule has 16 heavy (non-hydrogen) atoms. The van der Waals surface area contributed by atoms with Crippen LogP contribution in [0.15, 0.2) is 42.0 Å². The molecule has 0 saturated carbocycles. The second-order valence-electron chi connectivity index (χ2n) is 4.52. The molecule has 1 nitrogen and oxygen atoms in total. The van der Waals surface area contributed by atoms with E-state index in [4.69, 9.17) is 0 Å². The molecule has 0 bridgehead atoms. The van der Waals surface area contributed by atoms with Crippen molar-refractivity contribution in [2.45, 2.75) is 39.2 Å². The number of aryl methyl sites for hydroxylation is 1. The van der Waals surface area contributed by atoms with Crippen molar-refractivity contribution in [3.8, 4) is 0 Å². The Hall–Kier alpha value is -1.08. The van der Waals surface area contributed by atoms with Crippen LogP contribution in [0.3, 0.4) is 0 Å². The average Bonchev–Trinajstić information content (AvgIpc) is 2.28. The molecule has 0 amide bonds. The molecule has 1 N–H and O–H groups in total. The molecule has 1 atom stereocenters. The van der Waals surface area contributed by atoms with Crippen LogP contribution in [0.2, 0.25) is 0 Å². The third-order valence-corrected chi connectivity index (χ3v) is 2.73. The lowest BCUT2D eigenvalue weighted by molar-refractivity contribution is 0.582. The molecular formula is C15H23N. The van der Waals surface area contributed by atoms with E-state index in [0.29, 0.717) is 6.04 Å². The molecule has 0 spiro atoms. The van der Waals surface area contributed by atoms with Crippen LogP contribution >= 0.6 is 0 Å². The molecule has 1 aromatic rings. The first kappa shape index (κ1) is 13.0. The Kier molecular flexibility index (Phi) is 5.87. The minimum atomic E-state index is 0.522. The van der Waals surface area contributed by atoms with Crippen LogP contribution in [0, 0.1) is 0 Å². The van der Waals surface area contributed by atoms with Crippen LogP contribution in [-0.2, 0) is 6.42 Å². The van der Waals surface area contributed by atoms with Crippen LogP contribution in [0.25, 0.3) is 0 Å². The maximum absolute atomic E-state index is 3.34. The van der Waals surface area contributed by atoms with Crippen LogP contribution in [0.5, 0.6) is 0 Å². The SMILES string of the molecule is CNC(C=C(C)C)CCCc1ccccc1. The zero-order valence-corrected chi connectivity index (χ0v) is 10.7. The lowest BCUT2D eigenvalue weighted by Gasteiger charge is -2.12. The minimum Gasteiger partial charge on any atom is -0.314 e. The van der Waals surface area contributed by atoms with Crippen molar-refractivity contribution in [1.29, 1.82) is 0 Å². The Labute approximate surface area is 99.6 Å². The number of nitrogens with one attached hydrogen (secondary N) is 1. The second kappa shape index (κ2) is 7.24. The molecular weight excluding hydrogens is 194 g/mol. The molecule has 0 aromatic heterocycles. The van der Waals surface area contributed by atoms with Crippen LogP contribution in [-0.4, -0.2) is 13.1 Å². The number of likely N-dealkylation sites (N-methyl/N-ethyl adjacent to an activating group) is 1. The summed E-state index contributed by atoms with van der Waals surface area (Å²) in [7, 11) is 2.03. The van der Waals surface area contributed by atoms with Gasteiger partial charge in [-0.25, -0.2) is 0 Å². The highest BCUT2D eigenvalue weighted by molar-refractivity contribution is 5.14. The van der Waals surface area contributed by atoms with Crippen LogP contribution < -0.4 is 5.32 Å². The summed E-state index contributed by atoms with van der Waals surface area (Å²) in [5.41, 5.74) is 2.83. The van der Waals surface area contributed by atoms with E-state index in [1.165, 1.54) is 30.4 Å². The van der Waals surface area contributed by atoms with E-state index in [0.717, 1.165) is 0 Å². The van der Waals surface area contributed by atoms with Gasteiger partial charge in [-0.05, 0) is 45.7 Å². The Bertz CT molecular complexity index is 309. The molecule has 0 saturated heterocycles. The van der Waals surface area contributed by atoms with E-state index in [2.05, 4.69) is 55.6 Å². The molecule has 1 heteroatoms. The molecule has 0 heterocycles. The number of hydrogen-bond acceptors (Lipinski definition) is 1. The Morgan fingerprint density at radius 2 is 1.94 bits per heavy atom. The fourth-order valence-corrected chi connectivity index (χ4v) is 1.88. The summed E-state index contributed by atoms with van der Waals surface area (Å²) in [5.74, 6) is 0. The maximum Gasteiger partial charge on any atom is 0.0249 e. The van der Waals surface area contributed by atoms with E-state index >= 15 is 0 Å². The fraction of sp³-hybridized carbons (Fsp3) is 0.467. The van der Waals surface area contributed by atoms with Gasteiger partial charge in [-0.1, -0.05) is 42.0 Å². The van der Waals surface area contributed by atoms with Gasteiger partial charge in [-0.15, -0.1) is 0 Å².